The summed E-state index contributed by atoms with van der Waals surface area (Å²) in [5.41, 5.74) is -0.881. The lowest BCUT2D eigenvalue weighted by molar-refractivity contribution is -0.137. The first-order valence-electron chi connectivity index (χ1n) is 7.90. The van der Waals surface area contributed by atoms with Crippen molar-refractivity contribution in [3.63, 3.8) is 0 Å². The van der Waals surface area contributed by atoms with E-state index < -0.39 is 35.9 Å². The number of aliphatic hydroxyl groups excluding tert-OH is 1. The molecule has 1 amide bonds. The standard InChI is InChI=1S/C18H17F3N2O4/c19-18(20,21)13-6-2-4-8-15(13)23-16(25)11-27-17(26)12-5-1-3-7-14(12)22-9-10-24/h1-8,22,24H,9-11H2,(H,23,25). The first-order valence-corrected chi connectivity index (χ1v) is 7.90. The minimum atomic E-state index is -4.63. The number of anilines is 2. The summed E-state index contributed by atoms with van der Waals surface area (Å²) in [5, 5.41) is 13.7. The zero-order valence-electron chi connectivity index (χ0n) is 14.0. The van der Waals surface area contributed by atoms with Gasteiger partial charge in [0.05, 0.1) is 23.4 Å². The van der Waals surface area contributed by atoms with Crippen LogP contribution in [0.3, 0.4) is 0 Å². The van der Waals surface area contributed by atoms with Crippen LogP contribution in [0.25, 0.3) is 0 Å². The minimum absolute atomic E-state index is 0.134. The average Bonchev–Trinajstić information content (AvgIpc) is 2.64. The van der Waals surface area contributed by atoms with Crippen LogP contribution in [0.4, 0.5) is 24.5 Å². The molecule has 0 saturated heterocycles. The Kier molecular flexibility index (Phi) is 6.78. The van der Waals surface area contributed by atoms with Crippen molar-refractivity contribution in [2.24, 2.45) is 0 Å². The van der Waals surface area contributed by atoms with Crippen molar-refractivity contribution >= 4 is 23.3 Å². The number of hydrogen-bond acceptors (Lipinski definition) is 5. The van der Waals surface area contributed by atoms with Gasteiger partial charge < -0.3 is 20.5 Å². The van der Waals surface area contributed by atoms with E-state index in [4.69, 9.17) is 9.84 Å². The molecule has 6 nitrogen and oxygen atoms in total. The van der Waals surface area contributed by atoms with Gasteiger partial charge in [0.1, 0.15) is 0 Å². The zero-order valence-corrected chi connectivity index (χ0v) is 14.0. The van der Waals surface area contributed by atoms with Crippen molar-refractivity contribution in [1.82, 2.24) is 0 Å². The summed E-state index contributed by atoms with van der Waals surface area (Å²) in [6, 6.07) is 10.8. The highest BCUT2D eigenvalue weighted by Gasteiger charge is 2.33. The molecule has 0 atom stereocenters. The van der Waals surface area contributed by atoms with E-state index in [1.807, 2.05) is 0 Å². The van der Waals surface area contributed by atoms with E-state index in [-0.39, 0.29) is 18.7 Å². The smallest absolute Gasteiger partial charge is 0.418 e. The summed E-state index contributed by atoms with van der Waals surface area (Å²) in [6.07, 6.45) is -4.63. The van der Waals surface area contributed by atoms with Gasteiger partial charge in [0, 0.05) is 12.2 Å². The maximum atomic E-state index is 12.9. The number of hydrogen-bond donors (Lipinski definition) is 3. The van der Waals surface area contributed by atoms with Gasteiger partial charge in [-0.25, -0.2) is 4.79 Å². The van der Waals surface area contributed by atoms with Crippen LogP contribution in [-0.2, 0) is 15.7 Å². The van der Waals surface area contributed by atoms with E-state index in [2.05, 4.69) is 10.6 Å². The molecule has 0 radical (unpaired) electrons. The number of aliphatic hydroxyl groups is 1. The lowest BCUT2D eigenvalue weighted by Gasteiger charge is -2.14. The van der Waals surface area contributed by atoms with Crippen LogP contribution in [0.1, 0.15) is 15.9 Å². The van der Waals surface area contributed by atoms with Crippen molar-refractivity contribution in [2.45, 2.75) is 6.18 Å². The Hall–Kier alpha value is -3.07. The normalized spacial score (nSPS) is 11.0. The number of ether oxygens (including phenoxy) is 1. The van der Waals surface area contributed by atoms with Gasteiger partial charge in [0.15, 0.2) is 6.61 Å². The van der Waals surface area contributed by atoms with Crippen LogP contribution in [-0.4, -0.2) is 36.7 Å². The maximum Gasteiger partial charge on any atom is 0.418 e. The van der Waals surface area contributed by atoms with Crippen molar-refractivity contribution in [1.29, 1.82) is 0 Å². The van der Waals surface area contributed by atoms with Gasteiger partial charge in [-0.2, -0.15) is 13.2 Å². The fourth-order valence-electron chi connectivity index (χ4n) is 2.24. The molecule has 27 heavy (non-hydrogen) atoms. The third kappa shape index (κ3) is 5.71. The van der Waals surface area contributed by atoms with Crippen LogP contribution >= 0.6 is 0 Å². The molecule has 0 heterocycles. The van der Waals surface area contributed by atoms with Crippen LogP contribution in [0.2, 0.25) is 0 Å². The first kappa shape index (κ1) is 20.2. The Morgan fingerprint density at radius 2 is 1.63 bits per heavy atom. The molecule has 0 bridgehead atoms. The van der Waals surface area contributed by atoms with Crippen molar-refractivity contribution in [3.05, 3.63) is 59.7 Å². The van der Waals surface area contributed by atoms with E-state index >= 15 is 0 Å². The third-order valence-electron chi connectivity index (χ3n) is 3.42. The summed E-state index contributed by atoms with van der Waals surface area (Å²) in [5.74, 6) is -1.73. The van der Waals surface area contributed by atoms with E-state index in [0.29, 0.717) is 5.69 Å². The average molecular weight is 382 g/mol. The van der Waals surface area contributed by atoms with Gasteiger partial charge in [-0.05, 0) is 24.3 Å². The second kappa shape index (κ2) is 9.04. The van der Waals surface area contributed by atoms with Crippen LogP contribution in [0, 0.1) is 0 Å². The van der Waals surface area contributed by atoms with E-state index in [0.717, 1.165) is 12.1 Å². The second-order valence-electron chi connectivity index (χ2n) is 5.36. The minimum Gasteiger partial charge on any atom is -0.452 e. The Bertz CT molecular complexity index is 809. The lowest BCUT2D eigenvalue weighted by Crippen LogP contribution is -2.23. The molecular formula is C18H17F3N2O4. The number of halogens is 3. The number of nitrogens with one attached hydrogen (secondary N) is 2. The molecule has 2 aromatic rings. The molecule has 2 rings (SSSR count). The lowest BCUT2D eigenvalue weighted by atomic mass is 10.1. The molecular weight excluding hydrogens is 365 g/mol. The van der Waals surface area contributed by atoms with E-state index in [1.165, 1.54) is 18.2 Å². The summed E-state index contributed by atoms with van der Waals surface area (Å²) in [6.45, 7) is -0.692. The van der Waals surface area contributed by atoms with Crippen molar-refractivity contribution in [3.8, 4) is 0 Å². The summed E-state index contributed by atoms with van der Waals surface area (Å²) in [7, 11) is 0. The fraction of sp³-hybridized carbons (Fsp3) is 0.222. The molecule has 0 spiro atoms. The quantitative estimate of drug-likeness (QED) is 0.641. The molecule has 144 valence electrons. The van der Waals surface area contributed by atoms with Gasteiger partial charge in [-0.15, -0.1) is 0 Å². The molecule has 0 aromatic heterocycles. The Morgan fingerprint density at radius 1 is 1.00 bits per heavy atom. The van der Waals surface area contributed by atoms with Crippen LogP contribution < -0.4 is 10.6 Å². The van der Waals surface area contributed by atoms with E-state index in [1.54, 1.807) is 18.2 Å². The number of carbonyl (C=O) groups is 2. The molecule has 0 unspecified atom stereocenters. The number of rotatable bonds is 7. The predicted molar refractivity (Wildman–Crippen MR) is 92.4 cm³/mol. The van der Waals surface area contributed by atoms with Gasteiger partial charge >= 0.3 is 12.1 Å². The summed E-state index contributed by atoms with van der Waals surface area (Å²) in [4.78, 5) is 24.0. The number of amides is 1. The van der Waals surface area contributed by atoms with Crippen molar-refractivity contribution < 1.29 is 32.6 Å². The molecule has 0 saturated carbocycles. The molecule has 0 aliphatic carbocycles. The van der Waals surface area contributed by atoms with Gasteiger partial charge in [-0.3, -0.25) is 4.79 Å². The van der Waals surface area contributed by atoms with Gasteiger partial charge in [0.2, 0.25) is 0 Å². The molecule has 0 aliphatic heterocycles. The zero-order chi connectivity index (χ0) is 19.9. The summed E-state index contributed by atoms with van der Waals surface area (Å²) >= 11 is 0. The fourth-order valence-corrected chi connectivity index (χ4v) is 2.24. The highest BCUT2D eigenvalue weighted by atomic mass is 19.4. The topological polar surface area (TPSA) is 87.7 Å². The highest BCUT2D eigenvalue weighted by molar-refractivity contribution is 5.98. The second-order valence-corrected chi connectivity index (χ2v) is 5.36. The Balaban J connectivity index is 2.00. The van der Waals surface area contributed by atoms with Gasteiger partial charge in [-0.1, -0.05) is 24.3 Å². The van der Waals surface area contributed by atoms with Crippen LogP contribution in [0.5, 0.6) is 0 Å². The first-order chi connectivity index (χ1) is 12.8. The molecule has 3 N–H and O–H groups in total. The number of para-hydroxylation sites is 2. The molecule has 0 fully saturated rings. The monoisotopic (exact) mass is 382 g/mol. The van der Waals surface area contributed by atoms with E-state index in [9.17, 15) is 22.8 Å². The Morgan fingerprint density at radius 3 is 2.30 bits per heavy atom. The molecule has 0 aliphatic rings. The molecule has 2 aromatic carbocycles. The van der Waals surface area contributed by atoms with Gasteiger partial charge in [0.25, 0.3) is 5.91 Å². The highest BCUT2D eigenvalue weighted by Crippen LogP contribution is 2.34. The predicted octanol–water partition coefficient (Wildman–Crippen LogP) is 2.91. The largest absolute Gasteiger partial charge is 0.452 e. The Labute approximate surface area is 153 Å². The third-order valence-corrected chi connectivity index (χ3v) is 3.42. The maximum absolute atomic E-state index is 12.9. The number of alkyl halides is 3. The SMILES string of the molecule is O=C(COC(=O)c1ccccc1NCCO)Nc1ccccc1C(F)(F)F. The molecule has 9 heteroatoms. The number of carbonyl (C=O) groups excluding carboxylic acids is 2. The van der Waals surface area contributed by atoms with Crippen molar-refractivity contribution in [2.75, 3.05) is 30.4 Å². The number of benzene rings is 2. The number of esters is 1. The summed E-state index contributed by atoms with van der Waals surface area (Å²) < 4.78 is 43.6. The van der Waals surface area contributed by atoms with Crippen LogP contribution in [0.15, 0.2) is 48.5 Å².